The molecule has 20 heavy (non-hydrogen) atoms. The molecule has 0 aromatic heterocycles. The highest BCUT2D eigenvalue weighted by molar-refractivity contribution is 5.85. The molecule has 0 radical (unpaired) electrons. The molecule has 3 saturated carbocycles. The SMILES string of the molecule is NC(=O)CCNNC(=O)C(CC12CC(C1)C2)NC(=O)O. The van der Waals surface area contributed by atoms with Crippen LogP contribution in [0.15, 0.2) is 0 Å². The predicted octanol–water partition coefficient (Wildman–Crippen LogP) is -0.691. The van der Waals surface area contributed by atoms with Crippen molar-refractivity contribution in [1.29, 1.82) is 0 Å². The van der Waals surface area contributed by atoms with Crippen LogP contribution in [0, 0.1) is 11.3 Å². The number of hydrogen-bond donors (Lipinski definition) is 5. The van der Waals surface area contributed by atoms with Crippen LogP contribution in [-0.2, 0) is 9.59 Å². The first-order valence-electron chi connectivity index (χ1n) is 6.71. The van der Waals surface area contributed by atoms with Gasteiger partial charge in [0.1, 0.15) is 6.04 Å². The topological polar surface area (TPSA) is 134 Å². The number of primary amides is 1. The van der Waals surface area contributed by atoms with Gasteiger partial charge in [-0.1, -0.05) is 0 Å². The highest BCUT2D eigenvalue weighted by atomic mass is 16.4. The third-order valence-corrected chi connectivity index (χ3v) is 4.12. The summed E-state index contributed by atoms with van der Waals surface area (Å²) in [6.45, 7) is 0.216. The lowest BCUT2D eigenvalue weighted by atomic mass is 9.43. The van der Waals surface area contributed by atoms with Gasteiger partial charge < -0.3 is 16.2 Å². The van der Waals surface area contributed by atoms with Crippen molar-refractivity contribution in [2.24, 2.45) is 17.1 Å². The number of carboxylic acid groups (broad SMARTS) is 1. The second kappa shape index (κ2) is 5.66. The van der Waals surface area contributed by atoms with Crippen LogP contribution in [0.2, 0.25) is 0 Å². The van der Waals surface area contributed by atoms with Gasteiger partial charge in [0.05, 0.1) is 0 Å². The van der Waals surface area contributed by atoms with E-state index in [1.807, 2.05) is 0 Å². The van der Waals surface area contributed by atoms with E-state index in [4.69, 9.17) is 10.8 Å². The predicted molar refractivity (Wildman–Crippen MR) is 69.3 cm³/mol. The van der Waals surface area contributed by atoms with Crippen LogP contribution in [0.4, 0.5) is 4.79 Å². The lowest BCUT2D eigenvalue weighted by Crippen LogP contribution is -2.59. The van der Waals surface area contributed by atoms with E-state index >= 15 is 0 Å². The summed E-state index contributed by atoms with van der Waals surface area (Å²) in [5, 5.41) is 11.1. The Kier molecular flexibility index (Phi) is 4.12. The number of carbonyl (C=O) groups excluding carboxylic acids is 2. The molecule has 3 rings (SSSR count). The molecule has 3 aliphatic rings. The third kappa shape index (κ3) is 3.38. The number of nitrogens with two attached hydrogens (primary N) is 1. The normalized spacial score (nSPS) is 27.7. The first-order chi connectivity index (χ1) is 9.40. The van der Waals surface area contributed by atoms with Gasteiger partial charge in [-0.3, -0.25) is 15.0 Å². The van der Waals surface area contributed by atoms with Crippen molar-refractivity contribution in [3.05, 3.63) is 0 Å². The van der Waals surface area contributed by atoms with Gasteiger partial charge in [-0.15, -0.1) is 0 Å². The minimum absolute atomic E-state index is 0.100. The Balaban J connectivity index is 1.77. The molecule has 8 heteroatoms. The van der Waals surface area contributed by atoms with Crippen LogP contribution >= 0.6 is 0 Å². The van der Waals surface area contributed by atoms with E-state index in [0.717, 1.165) is 25.2 Å². The molecule has 2 bridgehead atoms. The molecule has 3 fully saturated rings. The van der Waals surface area contributed by atoms with Gasteiger partial charge in [0.2, 0.25) is 5.91 Å². The zero-order chi connectivity index (χ0) is 14.8. The number of carbonyl (C=O) groups is 3. The summed E-state index contributed by atoms with van der Waals surface area (Å²) in [6.07, 6.45) is 2.68. The molecule has 1 unspecified atom stereocenters. The van der Waals surface area contributed by atoms with Crippen molar-refractivity contribution in [3.8, 4) is 0 Å². The van der Waals surface area contributed by atoms with E-state index < -0.39 is 23.9 Å². The van der Waals surface area contributed by atoms with E-state index in [-0.39, 0.29) is 18.4 Å². The summed E-state index contributed by atoms with van der Waals surface area (Å²) in [4.78, 5) is 33.3. The van der Waals surface area contributed by atoms with Gasteiger partial charge in [0.15, 0.2) is 0 Å². The number of hydrazine groups is 1. The molecule has 112 valence electrons. The van der Waals surface area contributed by atoms with Crippen molar-refractivity contribution in [1.82, 2.24) is 16.2 Å². The van der Waals surface area contributed by atoms with Crippen molar-refractivity contribution < 1.29 is 19.5 Å². The van der Waals surface area contributed by atoms with Gasteiger partial charge in [-0.05, 0) is 37.0 Å². The smallest absolute Gasteiger partial charge is 0.405 e. The van der Waals surface area contributed by atoms with Crippen molar-refractivity contribution >= 4 is 17.9 Å². The van der Waals surface area contributed by atoms with Crippen LogP contribution in [0.5, 0.6) is 0 Å². The highest BCUT2D eigenvalue weighted by Gasteiger charge is 2.57. The molecule has 6 N–H and O–H groups in total. The van der Waals surface area contributed by atoms with E-state index in [2.05, 4.69) is 16.2 Å². The van der Waals surface area contributed by atoms with Crippen molar-refractivity contribution in [3.63, 3.8) is 0 Å². The third-order valence-electron chi connectivity index (χ3n) is 4.12. The Morgan fingerprint density at radius 1 is 1.30 bits per heavy atom. The Morgan fingerprint density at radius 2 is 1.95 bits per heavy atom. The van der Waals surface area contributed by atoms with E-state index in [1.165, 1.54) is 0 Å². The number of nitrogens with one attached hydrogen (secondary N) is 3. The first kappa shape index (κ1) is 14.6. The quantitative estimate of drug-likeness (QED) is 0.297. The Morgan fingerprint density at radius 3 is 2.40 bits per heavy atom. The lowest BCUT2D eigenvalue weighted by molar-refractivity contribution is -0.137. The van der Waals surface area contributed by atoms with E-state index in [9.17, 15) is 14.4 Å². The first-order valence-corrected chi connectivity index (χ1v) is 6.71. The minimum atomic E-state index is -1.21. The maximum Gasteiger partial charge on any atom is 0.405 e. The lowest BCUT2D eigenvalue weighted by Gasteiger charge is -2.63. The van der Waals surface area contributed by atoms with Gasteiger partial charge in [-0.2, -0.15) is 0 Å². The Hall–Kier alpha value is -1.83. The molecule has 0 aromatic rings. The molecule has 0 aromatic carbocycles. The second-order valence-electron chi connectivity index (χ2n) is 5.82. The molecule has 3 amide bonds. The molecule has 0 saturated heterocycles. The van der Waals surface area contributed by atoms with Crippen LogP contribution in [0.1, 0.15) is 32.1 Å². The molecule has 1 atom stereocenters. The average Bonchev–Trinajstić information content (AvgIpc) is 2.24. The van der Waals surface area contributed by atoms with Crippen LogP contribution < -0.4 is 21.9 Å². The van der Waals surface area contributed by atoms with Gasteiger partial charge in [-0.25, -0.2) is 10.2 Å². The minimum Gasteiger partial charge on any atom is -0.465 e. The number of amides is 3. The zero-order valence-electron chi connectivity index (χ0n) is 11.1. The second-order valence-corrected chi connectivity index (χ2v) is 5.82. The van der Waals surface area contributed by atoms with Gasteiger partial charge >= 0.3 is 6.09 Å². The fourth-order valence-corrected chi connectivity index (χ4v) is 3.12. The number of hydrogen-bond acceptors (Lipinski definition) is 4. The van der Waals surface area contributed by atoms with Crippen molar-refractivity contribution in [2.45, 2.75) is 38.1 Å². The summed E-state index contributed by atoms with van der Waals surface area (Å²) in [5.74, 6) is -0.125. The van der Waals surface area contributed by atoms with E-state index in [0.29, 0.717) is 6.42 Å². The Bertz CT molecular complexity index is 409. The maximum atomic E-state index is 11.9. The fraction of sp³-hybridized carbons (Fsp3) is 0.750. The van der Waals surface area contributed by atoms with E-state index in [1.54, 1.807) is 0 Å². The summed E-state index contributed by atoms with van der Waals surface area (Å²) in [7, 11) is 0. The van der Waals surface area contributed by atoms with Crippen LogP contribution in [0.25, 0.3) is 0 Å². The molecule has 3 aliphatic carbocycles. The van der Waals surface area contributed by atoms with Crippen LogP contribution in [-0.4, -0.2) is 35.6 Å². The average molecular weight is 284 g/mol. The number of rotatable bonds is 8. The summed E-state index contributed by atoms with van der Waals surface area (Å²) in [5.41, 5.74) is 10.1. The Labute approximate surface area is 116 Å². The molecule has 0 aliphatic heterocycles. The monoisotopic (exact) mass is 284 g/mol. The van der Waals surface area contributed by atoms with Crippen molar-refractivity contribution in [2.75, 3.05) is 6.54 Å². The summed E-state index contributed by atoms with van der Waals surface area (Å²) < 4.78 is 0. The van der Waals surface area contributed by atoms with Crippen LogP contribution in [0.3, 0.4) is 0 Å². The van der Waals surface area contributed by atoms with Gasteiger partial charge in [0.25, 0.3) is 5.91 Å². The molecular formula is C12H20N4O4. The summed E-state index contributed by atoms with van der Waals surface area (Å²) >= 11 is 0. The molecular weight excluding hydrogens is 264 g/mol. The maximum absolute atomic E-state index is 11.9. The standard InChI is InChI=1S/C12H20N4O4/c13-9(17)1-2-14-16-10(18)8(15-11(19)20)6-12-3-7(4-12)5-12/h7-8,14-15H,1-6H2,(H2,13,17)(H,16,18)(H,19,20). The van der Waals surface area contributed by atoms with Gasteiger partial charge in [0, 0.05) is 13.0 Å². The largest absolute Gasteiger partial charge is 0.465 e. The molecule has 0 heterocycles. The molecule has 0 spiro atoms. The highest BCUT2D eigenvalue weighted by Crippen LogP contribution is 2.66. The molecule has 8 nitrogen and oxygen atoms in total. The fourth-order valence-electron chi connectivity index (χ4n) is 3.12. The summed E-state index contributed by atoms with van der Waals surface area (Å²) in [6, 6.07) is -0.769. The zero-order valence-corrected chi connectivity index (χ0v) is 11.1.